The van der Waals surface area contributed by atoms with Crippen LogP contribution in [0.5, 0.6) is 0 Å². The van der Waals surface area contributed by atoms with Crippen LogP contribution in [0.4, 0.5) is 0 Å². The molecule has 0 atom stereocenters. The summed E-state index contributed by atoms with van der Waals surface area (Å²) in [5.74, 6) is 1.93. The molecule has 2 aromatic heterocycles. The van der Waals surface area contributed by atoms with Crippen molar-refractivity contribution in [3.63, 3.8) is 0 Å². The molecule has 0 bridgehead atoms. The largest absolute Gasteiger partial charge is 0.236 e. The van der Waals surface area contributed by atoms with E-state index in [1.807, 2.05) is 42.5 Å². The third-order valence-corrected chi connectivity index (χ3v) is 9.87. The lowest BCUT2D eigenvalue weighted by atomic mass is 9.94. The Kier molecular flexibility index (Phi) is 7.30. The number of hydrogen-bond donors (Lipinski definition) is 0. The molecular formula is C44H28N4S. The predicted octanol–water partition coefficient (Wildman–Crippen LogP) is 11.6. The molecule has 0 N–H and O–H groups in total. The van der Waals surface area contributed by atoms with Crippen LogP contribution < -0.4 is 0 Å². The van der Waals surface area contributed by atoms with Crippen molar-refractivity contribution in [2.45, 2.75) is 0 Å². The second kappa shape index (κ2) is 12.4. The molecule has 0 radical (unpaired) electrons. The van der Waals surface area contributed by atoms with Crippen LogP contribution in [-0.2, 0) is 0 Å². The van der Waals surface area contributed by atoms with E-state index in [-0.39, 0.29) is 0 Å². The van der Waals surface area contributed by atoms with Gasteiger partial charge in [-0.2, -0.15) is 0 Å². The van der Waals surface area contributed by atoms with Gasteiger partial charge in [0, 0.05) is 22.3 Å². The maximum Gasteiger partial charge on any atom is 0.164 e. The number of thiazole rings is 1. The number of nitrogens with zero attached hydrogens (tertiary/aromatic N) is 4. The molecule has 9 aromatic rings. The summed E-state index contributed by atoms with van der Waals surface area (Å²) in [5, 5.41) is 3.26. The van der Waals surface area contributed by atoms with Crippen LogP contribution in [0.25, 0.3) is 88.0 Å². The summed E-state index contributed by atoms with van der Waals surface area (Å²) in [4.78, 5) is 20.0. The fraction of sp³-hybridized carbons (Fsp3) is 0. The lowest BCUT2D eigenvalue weighted by Gasteiger charge is -2.13. The molecule has 0 saturated heterocycles. The number of benzene rings is 7. The predicted molar refractivity (Wildman–Crippen MR) is 203 cm³/mol. The molecule has 230 valence electrons. The topological polar surface area (TPSA) is 51.6 Å². The van der Waals surface area contributed by atoms with E-state index in [4.69, 9.17) is 19.9 Å². The SMILES string of the molecule is c1ccc(-c2ccc(-c3nc(-c4ccccc4)nc(-c4ccc(-c5ccc6nc(-c7ccccc7)sc6c5)c5ccccc45)n3)cc2)cc1. The van der Waals surface area contributed by atoms with Crippen molar-refractivity contribution in [1.82, 2.24) is 19.9 Å². The van der Waals surface area contributed by atoms with E-state index in [0.717, 1.165) is 64.9 Å². The van der Waals surface area contributed by atoms with Crippen molar-refractivity contribution < 1.29 is 0 Å². The number of hydrogen-bond acceptors (Lipinski definition) is 5. The maximum absolute atomic E-state index is 5.10. The molecule has 0 aliphatic heterocycles. The first-order valence-corrected chi connectivity index (χ1v) is 17.0. The Hall–Kier alpha value is -6.30. The Morgan fingerprint density at radius 2 is 0.796 bits per heavy atom. The Morgan fingerprint density at radius 3 is 1.47 bits per heavy atom. The molecule has 5 heteroatoms. The van der Waals surface area contributed by atoms with Crippen LogP contribution >= 0.6 is 11.3 Å². The van der Waals surface area contributed by atoms with Crippen LogP contribution in [-0.4, -0.2) is 19.9 Å². The molecule has 2 heterocycles. The highest BCUT2D eigenvalue weighted by Gasteiger charge is 2.17. The summed E-state index contributed by atoms with van der Waals surface area (Å²) in [6.45, 7) is 0. The highest BCUT2D eigenvalue weighted by molar-refractivity contribution is 7.21. The molecule has 0 fully saturated rings. The summed E-state index contributed by atoms with van der Waals surface area (Å²) in [6.07, 6.45) is 0. The Morgan fingerprint density at radius 1 is 0.327 bits per heavy atom. The molecule has 0 spiro atoms. The van der Waals surface area contributed by atoms with Crippen molar-refractivity contribution in [3.05, 3.63) is 170 Å². The molecule has 0 unspecified atom stereocenters. The van der Waals surface area contributed by atoms with Gasteiger partial charge in [0.15, 0.2) is 17.5 Å². The van der Waals surface area contributed by atoms with Gasteiger partial charge in [0.2, 0.25) is 0 Å². The second-order valence-corrected chi connectivity index (χ2v) is 12.9. The first-order chi connectivity index (χ1) is 24.3. The van der Waals surface area contributed by atoms with Crippen LogP contribution in [0, 0.1) is 0 Å². The van der Waals surface area contributed by atoms with E-state index in [1.165, 1.54) is 5.56 Å². The van der Waals surface area contributed by atoms with E-state index < -0.39 is 0 Å². The van der Waals surface area contributed by atoms with Crippen molar-refractivity contribution >= 4 is 32.3 Å². The summed E-state index contributed by atoms with van der Waals surface area (Å²) >= 11 is 1.73. The fourth-order valence-corrected chi connectivity index (χ4v) is 7.34. The van der Waals surface area contributed by atoms with Crippen LogP contribution in [0.1, 0.15) is 0 Å². The van der Waals surface area contributed by atoms with Gasteiger partial charge in [-0.15, -0.1) is 11.3 Å². The number of rotatable bonds is 6. The standard InChI is InChI=1S/C44H28N4S/c1-4-12-29(13-5-1)30-20-22-32(23-21-30)42-46-41(31-14-6-2-7-15-31)47-43(48-42)38-26-25-35(36-18-10-11-19-37(36)38)34-24-27-39-40(28-34)49-44(45-39)33-16-8-3-9-17-33/h1-28H. The van der Waals surface area contributed by atoms with Gasteiger partial charge in [-0.05, 0) is 51.2 Å². The molecule has 0 saturated carbocycles. The molecule has 0 aliphatic carbocycles. The molecule has 7 aromatic carbocycles. The van der Waals surface area contributed by atoms with Gasteiger partial charge in [0.1, 0.15) is 5.01 Å². The maximum atomic E-state index is 5.10. The molecular weight excluding hydrogens is 617 g/mol. The van der Waals surface area contributed by atoms with E-state index in [9.17, 15) is 0 Å². The average Bonchev–Trinajstić information content (AvgIpc) is 3.62. The summed E-state index contributed by atoms with van der Waals surface area (Å²) < 4.78 is 1.16. The third kappa shape index (κ3) is 5.56. The quantitative estimate of drug-likeness (QED) is 0.181. The Bertz CT molecular complexity index is 2580. The molecule has 0 aliphatic rings. The monoisotopic (exact) mass is 644 g/mol. The van der Waals surface area contributed by atoms with Gasteiger partial charge in [-0.3, -0.25) is 0 Å². The van der Waals surface area contributed by atoms with E-state index in [1.54, 1.807) is 11.3 Å². The number of aromatic nitrogens is 4. The Balaban J connectivity index is 1.16. The molecule has 49 heavy (non-hydrogen) atoms. The van der Waals surface area contributed by atoms with Gasteiger partial charge in [0.25, 0.3) is 0 Å². The highest BCUT2D eigenvalue weighted by atomic mass is 32.1. The zero-order valence-electron chi connectivity index (χ0n) is 26.4. The number of fused-ring (bicyclic) bond motifs is 2. The zero-order chi connectivity index (χ0) is 32.6. The zero-order valence-corrected chi connectivity index (χ0v) is 27.2. The van der Waals surface area contributed by atoms with Crippen LogP contribution in [0.3, 0.4) is 0 Å². The molecule has 4 nitrogen and oxygen atoms in total. The van der Waals surface area contributed by atoms with E-state index in [0.29, 0.717) is 17.5 Å². The van der Waals surface area contributed by atoms with Crippen molar-refractivity contribution in [2.75, 3.05) is 0 Å². The fourth-order valence-electron chi connectivity index (χ4n) is 6.33. The smallest absolute Gasteiger partial charge is 0.164 e. The van der Waals surface area contributed by atoms with E-state index >= 15 is 0 Å². The first kappa shape index (κ1) is 28.9. The lowest BCUT2D eigenvalue weighted by molar-refractivity contribution is 1.08. The Labute approximate surface area is 288 Å². The lowest BCUT2D eigenvalue weighted by Crippen LogP contribution is -2.00. The third-order valence-electron chi connectivity index (χ3n) is 8.80. The van der Waals surface area contributed by atoms with Crippen LogP contribution in [0.2, 0.25) is 0 Å². The van der Waals surface area contributed by atoms with Crippen molar-refractivity contribution in [2.24, 2.45) is 0 Å². The van der Waals surface area contributed by atoms with Crippen molar-refractivity contribution in [3.8, 4) is 67.0 Å². The summed E-state index contributed by atoms with van der Waals surface area (Å²) in [7, 11) is 0. The van der Waals surface area contributed by atoms with Crippen molar-refractivity contribution in [1.29, 1.82) is 0 Å². The van der Waals surface area contributed by atoms with Gasteiger partial charge in [0.05, 0.1) is 10.2 Å². The minimum atomic E-state index is 0.640. The van der Waals surface area contributed by atoms with Gasteiger partial charge in [-0.1, -0.05) is 152 Å². The minimum Gasteiger partial charge on any atom is -0.236 e. The highest BCUT2D eigenvalue weighted by Crippen LogP contribution is 2.38. The summed E-state index contributed by atoms with van der Waals surface area (Å²) in [5.41, 5.74) is 9.63. The second-order valence-electron chi connectivity index (χ2n) is 11.9. The average molecular weight is 645 g/mol. The summed E-state index contributed by atoms with van der Waals surface area (Å²) in [6, 6.07) is 58.7. The van der Waals surface area contributed by atoms with Gasteiger partial charge in [-0.25, -0.2) is 19.9 Å². The normalized spacial score (nSPS) is 11.3. The minimum absolute atomic E-state index is 0.640. The first-order valence-electron chi connectivity index (χ1n) is 16.2. The molecule has 9 rings (SSSR count). The van der Waals surface area contributed by atoms with Gasteiger partial charge >= 0.3 is 0 Å². The molecule has 0 amide bonds. The van der Waals surface area contributed by atoms with Gasteiger partial charge < -0.3 is 0 Å². The van der Waals surface area contributed by atoms with E-state index in [2.05, 4.69) is 127 Å². The van der Waals surface area contributed by atoms with Crippen LogP contribution in [0.15, 0.2) is 170 Å².